The van der Waals surface area contributed by atoms with Crippen molar-refractivity contribution in [3.63, 3.8) is 0 Å². The molecule has 0 aromatic heterocycles. The van der Waals surface area contributed by atoms with Crippen molar-refractivity contribution in [1.29, 1.82) is 0 Å². The van der Waals surface area contributed by atoms with E-state index in [0.717, 1.165) is 10.2 Å². The standard InChI is InChI=1S/C11H12BrF3N2S/c12-8-6-7(10(16)18)2-3-9(8)17-5-1-4-11(13,14)15/h2-3,6,17H,1,4-5H2,(H2,16,18). The lowest BCUT2D eigenvalue weighted by atomic mass is 10.2. The molecule has 1 aromatic rings. The van der Waals surface area contributed by atoms with Crippen LogP contribution < -0.4 is 11.1 Å². The van der Waals surface area contributed by atoms with Crippen molar-refractivity contribution >= 4 is 38.8 Å². The second kappa shape index (κ2) is 6.38. The predicted octanol–water partition coefficient (Wildman–Crippen LogP) is 3.84. The van der Waals surface area contributed by atoms with Gasteiger partial charge in [0.05, 0.1) is 0 Å². The molecule has 0 saturated heterocycles. The molecule has 0 unspecified atom stereocenters. The number of nitrogens with two attached hydrogens (primary N) is 1. The summed E-state index contributed by atoms with van der Waals surface area (Å²) in [6.07, 6.45) is -4.86. The molecule has 2 nitrogen and oxygen atoms in total. The van der Waals surface area contributed by atoms with Crippen LogP contribution in [0, 0.1) is 0 Å². The minimum atomic E-state index is -4.10. The molecular weight excluding hydrogens is 329 g/mol. The lowest BCUT2D eigenvalue weighted by molar-refractivity contribution is -0.134. The first-order valence-corrected chi connectivity index (χ1v) is 6.40. The molecule has 0 aliphatic carbocycles. The van der Waals surface area contributed by atoms with Gasteiger partial charge in [0.1, 0.15) is 4.99 Å². The topological polar surface area (TPSA) is 38.0 Å². The summed E-state index contributed by atoms with van der Waals surface area (Å²) in [5.74, 6) is 0. The number of anilines is 1. The summed E-state index contributed by atoms with van der Waals surface area (Å²) in [5, 5.41) is 2.92. The van der Waals surface area contributed by atoms with Gasteiger partial charge in [-0.25, -0.2) is 0 Å². The van der Waals surface area contributed by atoms with E-state index in [1.165, 1.54) is 0 Å². The minimum absolute atomic E-state index is 0.0347. The van der Waals surface area contributed by atoms with Crippen molar-refractivity contribution in [3.8, 4) is 0 Å². The molecule has 1 aromatic carbocycles. The molecule has 3 N–H and O–H groups in total. The number of thiocarbonyl (C=S) groups is 1. The van der Waals surface area contributed by atoms with Gasteiger partial charge in [-0.3, -0.25) is 0 Å². The smallest absolute Gasteiger partial charge is 0.389 e. The van der Waals surface area contributed by atoms with Crippen molar-refractivity contribution in [1.82, 2.24) is 0 Å². The molecule has 0 fully saturated rings. The molecule has 0 aliphatic heterocycles. The Morgan fingerprint density at radius 2 is 2.06 bits per heavy atom. The summed E-state index contributed by atoms with van der Waals surface area (Å²) in [6, 6.07) is 5.18. The van der Waals surface area contributed by atoms with Crippen LogP contribution in [0.25, 0.3) is 0 Å². The Morgan fingerprint density at radius 1 is 1.39 bits per heavy atom. The van der Waals surface area contributed by atoms with Crippen molar-refractivity contribution in [2.45, 2.75) is 19.0 Å². The van der Waals surface area contributed by atoms with Gasteiger partial charge in [0.15, 0.2) is 0 Å². The Labute approximate surface area is 117 Å². The van der Waals surface area contributed by atoms with Crippen LogP contribution in [0.3, 0.4) is 0 Å². The van der Waals surface area contributed by atoms with Crippen LogP contribution in [0.4, 0.5) is 18.9 Å². The van der Waals surface area contributed by atoms with Crippen molar-refractivity contribution in [2.75, 3.05) is 11.9 Å². The van der Waals surface area contributed by atoms with E-state index < -0.39 is 12.6 Å². The van der Waals surface area contributed by atoms with E-state index >= 15 is 0 Å². The summed E-state index contributed by atoms with van der Waals surface area (Å²) in [4.78, 5) is 0.277. The Hall–Kier alpha value is -0.820. The van der Waals surface area contributed by atoms with Crippen molar-refractivity contribution < 1.29 is 13.2 Å². The Kier molecular flexibility index (Phi) is 5.40. The lowest BCUT2D eigenvalue weighted by Crippen LogP contribution is -2.12. The van der Waals surface area contributed by atoms with Crippen LogP contribution in [0.1, 0.15) is 18.4 Å². The number of halogens is 4. The zero-order valence-corrected chi connectivity index (χ0v) is 11.8. The molecule has 1 rings (SSSR count). The fourth-order valence-corrected chi connectivity index (χ4v) is 1.97. The highest BCUT2D eigenvalue weighted by Gasteiger charge is 2.25. The molecule has 0 amide bonds. The number of alkyl halides is 3. The number of nitrogens with one attached hydrogen (secondary N) is 1. The highest BCUT2D eigenvalue weighted by atomic mass is 79.9. The summed E-state index contributed by atoms with van der Waals surface area (Å²) in [7, 11) is 0. The molecule has 0 atom stereocenters. The average molecular weight is 341 g/mol. The quantitative estimate of drug-likeness (QED) is 0.631. The number of rotatable bonds is 5. The van der Waals surface area contributed by atoms with Gasteiger partial charge in [-0.15, -0.1) is 0 Å². The van der Waals surface area contributed by atoms with Gasteiger partial charge < -0.3 is 11.1 Å². The number of benzene rings is 1. The van der Waals surface area contributed by atoms with Crippen LogP contribution in [0.15, 0.2) is 22.7 Å². The van der Waals surface area contributed by atoms with Gasteiger partial charge in [-0.1, -0.05) is 12.2 Å². The first-order valence-electron chi connectivity index (χ1n) is 5.19. The third kappa shape index (κ3) is 5.22. The van der Waals surface area contributed by atoms with Crippen LogP contribution in [-0.2, 0) is 0 Å². The fourth-order valence-electron chi connectivity index (χ4n) is 1.32. The van der Waals surface area contributed by atoms with Gasteiger partial charge in [0.2, 0.25) is 0 Å². The minimum Gasteiger partial charge on any atom is -0.389 e. The number of hydrogen-bond donors (Lipinski definition) is 2. The molecule has 0 saturated carbocycles. The maximum Gasteiger partial charge on any atom is 0.389 e. The summed E-state index contributed by atoms with van der Waals surface area (Å²) in [5.41, 5.74) is 6.89. The molecule has 0 bridgehead atoms. The van der Waals surface area contributed by atoms with E-state index in [2.05, 4.69) is 21.2 Å². The van der Waals surface area contributed by atoms with Gasteiger partial charge in [0, 0.05) is 28.7 Å². The fraction of sp³-hybridized carbons (Fsp3) is 0.364. The van der Waals surface area contributed by atoms with Gasteiger partial charge in [0.25, 0.3) is 0 Å². The second-order valence-electron chi connectivity index (χ2n) is 3.70. The Morgan fingerprint density at radius 3 is 2.56 bits per heavy atom. The normalized spacial score (nSPS) is 11.3. The van der Waals surface area contributed by atoms with Crippen molar-refractivity contribution in [2.24, 2.45) is 5.73 Å². The van der Waals surface area contributed by atoms with Crippen molar-refractivity contribution in [3.05, 3.63) is 28.2 Å². The van der Waals surface area contributed by atoms with Gasteiger partial charge in [-0.2, -0.15) is 13.2 Å². The highest BCUT2D eigenvalue weighted by molar-refractivity contribution is 9.10. The molecular formula is C11H12BrF3N2S. The van der Waals surface area contributed by atoms with Crippen LogP contribution in [0.5, 0.6) is 0 Å². The van der Waals surface area contributed by atoms with E-state index in [1.54, 1.807) is 18.2 Å². The zero-order chi connectivity index (χ0) is 13.8. The predicted molar refractivity (Wildman–Crippen MR) is 73.8 cm³/mol. The first kappa shape index (κ1) is 15.2. The maximum atomic E-state index is 11.9. The lowest BCUT2D eigenvalue weighted by Gasteiger charge is -2.10. The molecule has 0 heterocycles. The largest absolute Gasteiger partial charge is 0.389 e. The monoisotopic (exact) mass is 340 g/mol. The first-order chi connectivity index (χ1) is 8.29. The maximum absolute atomic E-state index is 11.9. The Bertz CT molecular complexity index is 435. The molecule has 0 aliphatic rings. The van der Waals surface area contributed by atoms with Crippen LogP contribution in [0.2, 0.25) is 0 Å². The molecule has 0 radical (unpaired) electrons. The third-order valence-corrected chi connectivity index (χ3v) is 3.10. The van der Waals surface area contributed by atoms with Crippen LogP contribution >= 0.6 is 28.1 Å². The highest BCUT2D eigenvalue weighted by Crippen LogP contribution is 2.25. The second-order valence-corrected chi connectivity index (χ2v) is 5.00. The summed E-state index contributed by atoms with van der Waals surface area (Å²) in [6.45, 7) is 0.254. The van der Waals surface area contributed by atoms with E-state index in [-0.39, 0.29) is 18.0 Å². The summed E-state index contributed by atoms with van der Waals surface area (Å²) < 4.78 is 36.5. The molecule has 100 valence electrons. The van der Waals surface area contributed by atoms with E-state index in [4.69, 9.17) is 18.0 Å². The molecule has 18 heavy (non-hydrogen) atoms. The summed E-state index contributed by atoms with van der Waals surface area (Å²) >= 11 is 8.13. The van der Waals surface area contributed by atoms with Gasteiger partial charge in [-0.05, 0) is 40.5 Å². The average Bonchev–Trinajstić information content (AvgIpc) is 2.24. The van der Waals surface area contributed by atoms with E-state index in [0.29, 0.717) is 5.56 Å². The van der Waals surface area contributed by atoms with E-state index in [9.17, 15) is 13.2 Å². The Balaban J connectivity index is 2.51. The van der Waals surface area contributed by atoms with E-state index in [1.807, 2.05) is 0 Å². The molecule has 0 spiro atoms. The zero-order valence-electron chi connectivity index (χ0n) is 9.35. The van der Waals surface area contributed by atoms with Crippen LogP contribution in [-0.4, -0.2) is 17.7 Å². The SMILES string of the molecule is NC(=S)c1ccc(NCCCC(F)(F)F)c(Br)c1. The molecule has 7 heteroatoms. The van der Waals surface area contributed by atoms with Gasteiger partial charge >= 0.3 is 6.18 Å². The number of hydrogen-bond acceptors (Lipinski definition) is 2. The third-order valence-electron chi connectivity index (χ3n) is 2.21.